The van der Waals surface area contributed by atoms with Gasteiger partial charge in [0.05, 0.1) is 23.1 Å². The Hall–Kier alpha value is -3.89. The van der Waals surface area contributed by atoms with E-state index in [4.69, 9.17) is 9.56 Å². The second kappa shape index (κ2) is 8.23. The number of benzene rings is 2. The summed E-state index contributed by atoms with van der Waals surface area (Å²) >= 11 is 0. The molecule has 2 heterocycles. The fraction of sp³-hybridized carbons (Fsp3) is 0.130. The van der Waals surface area contributed by atoms with Crippen LogP contribution in [0.2, 0.25) is 0 Å². The molecule has 166 valence electrons. The number of tetrazole rings is 1. The molecule has 0 amide bonds. The van der Waals surface area contributed by atoms with Gasteiger partial charge in [-0.15, -0.1) is 10.2 Å². The summed E-state index contributed by atoms with van der Waals surface area (Å²) in [4.78, 5) is 5.94. The summed E-state index contributed by atoms with van der Waals surface area (Å²) in [7, 11) is -3.97. The van der Waals surface area contributed by atoms with Gasteiger partial charge in [0.15, 0.2) is 0 Å². The van der Waals surface area contributed by atoms with Crippen molar-refractivity contribution in [2.45, 2.75) is 22.8 Å². The summed E-state index contributed by atoms with van der Waals surface area (Å²) in [5.74, 6) is 0.410. The Balaban J connectivity index is 1.63. The van der Waals surface area contributed by atoms with Gasteiger partial charge in [-0.3, -0.25) is 0 Å². The molecule has 2 atom stereocenters. The third-order valence-corrected chi connectivity index (χ3v) is 6.63. The molecule has 0 saturated heterocycles. The molecule has 2 unspecified atom stereocenters. The van der Waals surface area contributed by atoms with Crippen LogP contribution in [0.25, 0.3) is 11.4 Å². The van der Waals surface area contributed by atoms with E-state index >= 15 is 0 Å². The molecule has 5 rings (SSSR count). The average Bonchev–Trinajstić information content (AvgIpc) is 3.52. The number of hydrogen-bond acceptors (Lipinski definition) is 7. The van der Waals surface area contributed by atoms with E-state index < -0.39 is 21.4 Å². The van der Waals surface area contributed by atoms with Gasteiger partial charge in [0.2, 0.25) is 21.7 Å². The van der Waals surface area contributed by atoms with E-state index in [1.165, 1.54) is 17.1 Å². The number of sulfonamides is 1. The van der Waals surface area contributed by atoms with Crippen molar-refractivity contribution in [3.05, 3.63) is 103 Å². The molecule has 33 heavy (non-hydrogen) atoms. The summed E-state index contributed by atoms with van der Waals surface area (Å²) in [6.45, 7) is 0.206. The molecular formula is C23H20N6O3S. The summed E-state index contributed by atoms with van der Waals surface area (Å²) in [6, 6.07) is 16.2. The minimum atomic E-state index is -3.97. The summed E-state index contributed by atoms with van der Waals surface area (Å²) < 4.78 is 30.5. The zero-order chi connectivity index (χ0) is 22.9. The van der Waals surface area contributed by atoms with Crippen LogP contribution in [0.15, 0.2) is 101 Å². The molecule has 9 nitrogen and oxygen atoms in total. The Labute approximate surface area is 190 Å². The van der Waals surface area contributed by atoms with Crippen molar-refractivity contribution in [3.8, 4) is 11.4 Å². The lowest BCUT2D eigenvalue weighted by molar-refractivity contribution is 0.284. The summed E-state index contributed by atoms with van der Waals surface area (Å²) in [5, 5.41) is 18.5. The van der Waals surface area contributed by atoms with Gasteiger partial charge in [-0.25, -0.2) is 18.5 Å². The van der Waals surface area contributed by atoms with Gasteiger partial charge in [-0.05, 0) is 16.8 Å². The number of oxazole rings is 1. The van der Waals surface area contributed by atoms with Crippen LogP contribution in [0.5, 0.6) is 0 Å². The fourth-order valence-electron chi connectivity index (χ4n) is 4.18. The lowest BCUT2D eigenvalue weighted by Crippen LogP contribution is -2.38. The van der Waals surface area contributed by atoms with Crippen LogP contribution in [-0.4, -0.2) is 33.6 Å². The van der Waals surface area contributed by atoms with Crippen molar-refractivity contribution in [1.29, 1.82) is 0 Å². The SMILES string of the molecule is NS(=O)(=O)c1ccccc1C1C=CC=CC1(Cn1nnc(-c2ccccc2)n1)c1ncco1. The van der Waals surface area contributed by atoms with Crippen LogP contribution in [0.1, 0.15) is 17.4 Å². The standard InChI is InChI=1S/C23H20N6O3S/c24-33(30,31)20-12-5-4-10-18(20)19-11-6-7-13-23(19,22-25-14-15-32-22)16-29-27-21(26-28-29)17-8-2-1-3-9-17/h1-15,19H,16H2,(H2,24,30,31). The first-order valence-electron chi connectivity index (χ1n) is 10.2. The first-order chi connectivity index (χ1) is 16.0. The van der Waals surface area contributed by atoms with Crippen molar-refractivity contribution in [2.24, 2.45) is 5.14 Å². The van der Waals surface area contributed by atoms with E-state index in [0.29, 0.717) is 17.3 Å². The van der Waals surface area contributed by atoms with E-state index in [2.05, 4.69) is 20.4 Å². The molecule has 2 aromatic carbocycles. The number of rotatable bonds is 6. The van der Waals surface area contributed by atoms with Gasteiger partial charge in [-0.2, -0.15) is 4.80 Å². The van der Waals surface area contributed by atoms with E-state index in [0.717, 1.165) is 5.56 Å². The van der Waals surface area contributed by atoms with Crippen molar-refractivity contribution in [1.82, 2.24) is 25.2 Å². The molecule has 2 aromatic heterocycles. The van der Waals surface area contributed by atoms with Crippen LogP contribution in [0.3, 0.4) is 0 Å². The van der Waals surface area contributed by atoms with E-state index in [-0.39, 0.29) is 11.4 Å². The lowest BCUT2D eigenvalue weighted by Gasteiger charge is -2.36. The van der Waals surface area contributed by atoms with Crippen LogP contribution in [0, 0.1) is 0 Å². The first-order valence-corrected chi connectivity index (χ1v) is 11.7. The largest absolute Gasteiger partial charge is 0.448 e. The second-order valence-corrected chi connectivity index (χ2v) is 9.22. The molecule has 0 saturated carbocycles. The van der Waals surface area contributed by atoms with Gasteiger partial charge < -0.3 is 4.42 Å². The minimum absolute atomic E-state index is 0.0439. The highest BCUT2D eigenvalue weighted by atomic mass is 32.2. The van der Waals surface area contributed by atoms with E-state index in [1.807, 2.05) is 54.6 Å². The Kier molecular flexibility index (Phi) is 5.23. The number of primary sulfonamides is 1. The molecule has 4 aromatic rings. The Morgan fingerprint density at radius 3 is 2.61 bits per heavy atom. The Morgan fingerprint density at radius 2 is 1.85 bits per heavy atom. The van der Waals surface area contributed by atoms with Crippen molar-refractivity contribution >= 4 is 10.0 Å². The molecule has 2 N–H and O–H groups in total. The molecule has 1 aliphatic rings. The van der Waals surface area contributed by atoms with Crippen LogP contribution in [-0.2, 0) is 22.0 Å². The molecule has 0 spiro atoms. The average molecular weight is 461 g/mol. The van der Waals surface area contributed by atoms with Crippen LogP contribution >= 0.6 is 0 Å². The van der Waals surface area contributed by atoms with Crippen molar-refractivity contribution in [2.75, 3.05) is 0 Å². The zero-order valence-corrected chi connectivity index (χ0v) is 18.2. The van der Waals surface area contributed by atoms with Gasteiger partial charge >= 0.3 is 0 Å². The third kappa shape index (κ3) is 3.90. The number of allylic oxidation sites excluding steroid dienone is 4. The molecule has 0 radical (unpaired) electrons. The number of nitrogens with two attached hydrogens (primary N) is 1. The molecule has 1 aliphatic carbocycles. The maximum atomic E-state index is 12.4. The smallest absolute Gasteiger partial charge is 0.238 e. The summed E-state index contributed by atoms with van der Waals surface area (Å²) in [5.41, 5.74) is 0.444. The van der Waals surface area contributed by atoms with Gasteiger partial charge in [-0.1, -0.05) is 72.8 Å². The van der Waals surface area contributed by atoms with Crippen LogP contribution < -0.4 is 5.14 Å². The normalized spacial score (nSPS) is 20.2. The molecule has 0 bridgehead atoms. The predicted molar refractivity (Wildman–Crippen MR) is 120 cm³/mol. The third-order valence-electron chi connectivity index (χ3n) is 5.64. The predicted octanol–water partition coefficient (Wildman–Crippen LogP) is 2.82. The van der Waals surface area contributed by atoms with E-state index in [1.54, 1.807) is 24.4 Å². The monoisotopic (exact) mass is 460 g/mol. The van der Waals surface area contributed by atoms with Gasteiger partial charge in [0, 0.05) is 11.5 Å². The van der Waals surface area contributed by atoms with Gasteiger partial charge in [0.25, 0.3) is 0 Å². The number of hydrogen-bond donors (Lipinski definition) is 1. The van der Waals surface area contributed by atoms with E-state index in [9.17, 15) is 8.42 Å². The molecule has 0 fully saturated rings. The minimum Gasteiger partial charge on any atom is -0.448 e. The van der Waals surface area contributed by atoms with Crippen molar-refractivity contribution in [3.63, 3.8) is 0 Å². The maximum Gasteiger partial charge on any atom is 0.238 e. The molecule has 0 aliphatic heterocycles. The second-order valence-electron chi connectivity index (χ2n) is 7.69. The highest BCUT2D eigenvalue weighted by Gasteiger charge is 2.45. The topological polar surface area (TPSA) is 130 Å². The highest BCUT2D eigenvalue weighted by Crippen LogP contribution is 2.45. The quantitative estimate of drug-likeness (QED) is 0.468. The number of nitrogens with zero attached hydrogens (tertiary/aromatic N) is 5. The van der Waals surface area contributed by atoms with Crippen molar-refractivity contribution < 1.29 is 12.8 Å². The molecular weight excluding hydrogens is 440 g/mol. The number of aromatic nitrogens is 5. The Morgan fingerprint density at radius 1 is 1.06 bits per heavy atom. The Bertz CT molecular complexity index is 1430. The molecule has 10 heteroatoms. The summed E-state index contributed by atoms with van der Waals surface area (Å²) in [6.07, 6.45) is 10.6. The first kappa shape index (κ1) is 21.0. The lowest BCUT2D eigenvalue weighted by atomic mass is 9.69. The zero-order valence-electron chi connectivity index (χ0n) is 17.4. The van der Waals surface area contributed by atoms with Gasteiger partial charge in [0.1, 0.15) is 6.26 Å². The highest BCUT2D eigenvalue weighted by molar-refractivity contribution is 7.89. The maximum absolute atomic E-state index is 12.4. The fourth-order valence-corrected chi connectivity index (χ4v) is 4.97. The van der Waals surface area contributed by atoms with Crippen LogP contribution in [0.4, 0.5) is 0 Å².